The highest BCUT2D eigenvalue weighted by atomic mass is 16.3. The largest absolute Gasteiger partial charge is 0.456 e. The molecule has 0 bridgehead atoms. The third-order valence-electron chi connectivity index (χ3n) is 14.0. The van der Waals surface area contributed by atoms with Gasteiger partial charge in [-0.3, -0.25) is 0 Å². The van der Waals surface area contributed by atoms with Crippen molar-refractivity contribution < 1.29 is 8.83 Å². The van der Waals surface area contributed by atoms with Crippen molar-refractivity contribution in [3.05, 3.63) is 218 Å². The van der Waals surface area contributed by atoms with Crippen LogP contribution in [0.3, 0.4) is 0 Å². The van der Waals surface area contributed by atoms with Crippen LogP contribution in [0, 0.1) is 0 Å². The van der Waals surface area contributed by atoms with Crippen LogP contribution in [-0.2, 0) is 0 Å². The van der Waals surface area contributed by atoms with E-state index in [0.29, 0.717) is 17.5 Å². The highest BCUT2D eigenvalue weighted by Gasteiger charge is 2.22. The standard InChI is InChI=1S/C63H36N4O2/c1-2-14-37(15-3-1)61-64-62(40-26-29-48-46-20-9-12-24-56(46)69-59(48)34-40)66-63(65-61)53-36-41(35-52-44-18-5-4-16-42(44)43-17-6-7-22-49(43)60(52)53)67-54-23-11-8-19-45(54)50-32-38(27-30-55(50)67)39-28-31-58-51(33-39)47-21-10-13-25-57(47)68-58/h1-36H. The van der Waals surface area contributed by atoms with Gasteiger partial charge in [0, 0.05) is 60.1 Å². The van der Waals surface area contributed by atoms with Crippen LogP contribution in [0.25, 0.3) is 149 Å². The fourth-order valence-corrected chi connectivity index (χ4v) is 10.9. The molecule has 69 heavy (non-hydrogen) atoms. The molecule has 0 aliphatic rings. The Balaban J connectivity index is 1.01. The maximum absolute atomic E-state index is 6.40. The van der Waals surface area contributed by atoms with Crippen molar-refractivity contribution in [1.29, 1.82) is 0 Å². The Hall–Kier alpha value is -9.39. The number of benzene rings is 11. The van der Waals surface area contributed by atoms with Crippen LogP contribution in [0.5, 0.6) is 0 Å². The Kier molecular flexibility index (Phi) is 7.97. The molecule has 0 saturated heterocycles. The van der Waals surface area contributed by atoms with Gasteiger partial charge in [-0.1, -0.05) is 152 Å². The van der Waals surface area contributed by atoms with Crippen molar-refractivity contribution in [2.24, 2.45) is 0 Å². The molecule has 0 saturated carbocycles. The number of para-hydroxylation sites is 3. The quantitative estimate of drug-likeness (QED) is 0.161. The van der Waals surface area contributed by atoms with Gasteiger partial charge in [-0.15, -0.1) is 0 Å². The molecule has 0 amide bonds. The highest BCUT2D eigenvalue weighted by Crippen LogP contribution is 2.44. The zero-order valence-corrected chi connectivity index (χ0v) is 36.9. The van der Waals surface area contributed by atoms with E-state index in [-0.39, 0.29) is 0 Å². The van der Waals surface area contributed by atoms with E-state index in [1.54, 1.807) is 0 Å². The number of furan rings is 2. The van der Waals surface area contributed by atoms with Crippen LogP contribution in [-0.4, -0.2) is 19.5 Å². The summed E-state index contributed by atoms with van der Waals surface area (Å²) in [6, 6.07) is 77.1. The summed E-state index contributed by atoms with van der Waals surface area (Å²) in [6.45, 7) is 0. The summed E-state index contributed by atoms with van der Waals surface area (Å²) in [5, 5.41) is 13.6. The van der Waals surface area contributed by atoms with Crippen LogP contribution in [0.15, 0.2) is 227 Å². The predicted molar refractivity (Wildman–Crippen MR) is 283 cm³/mol. The van der Waals surface area contributed by atoms with Crippen molar-refractivity contribution in [3.8, 4) is 51.0 Å². The summed E-state index contributed by atoms with van der Waals surface area (Å²) in [6.07, 6.45) is 0. The maximum atomic E-state index is 6.40. The van der Waals surface area contributed by atoms with Gasteiger partial charge in [0.05, 0.1) is 11.0 Å². The highest BCUT2D eigenvalue weighted by molar-refractivity contribution is 6.29. The number of aromatic nitrogens is 4. The molecular formula is C63H36N4O2. The average molecular weight is 881 g/mol. The zero-order valence-electron chi connectivity index (χ0n) is 36.9. The van der Waals surface area contributed by atoms with Crippen molar-refractivity contribution in [2.75, 3.05) is 0 Å². The first-order valence-corrected chi connectivity index (χ1v) is 23.2. The lowest BCUT2D eigenvalue weighted by molar-refractivity contribution is 0.668. The number of hydrogen-bond donors (Lipinski definition) is 0. The van der Waals surface area contributed by atoms with Crippen LogP contribution in [0.1, 0.15) is 0 Å². The van der Waals surface area contributed by atoms with E-state index in [1.807, 2.05) is 48.5 Å². The molecule has 15 rings (SSSR count). The summed E-state index contributed by atoms with van der Waals surface area (Å²) in [5.41, 5.74) is 11.6. The van der Waals surface area contributed by atoms with Crippen LogP contribution in [0.4, 0.5) is 0 Å². The predicted octanol–water partition coefficient (Wildman–Crippen LogP) is 16.9. The second kappa shape index (κ2) is 14.6. The van der Waals surface area contributed by atoms with Gasteiger partial charge in [0.1, 0.15) is 22.3 Å². The first kappa shape index (κ1) is 37.8. The van der Waals surface area contributed by atoms with Crippen molar-refractivity contribution in [2.45, 2.75) is 0 Å². The van der Waals surface area contributed by atoms with Crippen LogP contribution < -0.4 is 0 Å². The van der Waals surface area contributed by atoms with Crippen molar-refractivity contribution in [1.82, 2.24) is 19.5 Å². The molecule has 0 unspecified atom stereocenters. The molecule has 0 aliphatic carbocycles. The summed E-state index contributed by atoms with van der Waals surface area (Å²) in [5.74, 6) is 1.74. The molecular weight excluding hydrogens is 845 g/mol. The summed E-state index contributed by atoms with van der Waals surface area (Å²) in [7, 11) is 0. The minimum absolute atomic E-state index is 0.566. The molecule has 0 radical (unpaired) electrons. The Morgan fingerprint density at radius 1 is 0.275 bits per heavy atom. The molecule has 15 aromatic rings. The van der Waals surface area contributed by atoms with Gasteiger partial charge < -0.3 is 13.4 Å². The fourth-order valence-electron chi connectivity index (χ4n) is 10.9. The summed E-state index contributed by atoms with van der Waals surface area (Å²) < 4.78 is 15.0. The van der Waals surface area contributed by atoms with E-state index >= 15 is 0 Å². The molecule has 4 aromatic heterocycles. The Bertz CT molecular complexity index is 4620. The lowest BCUT2D eigenvalue weighted by atomic mass is 9.91. The first-order chi connectivity index (χ1) is 34.2. The van der Waals surface area contributed by atoms with Gasteiger partial charge in [-0.2, -0.15) is 0 Å². The third kappa shape index (κ3) is 5.76. The molecule has 0 fully saturated rings. The van der Waals surface area contributed by atoms with Gasteiger partial charge >= 0.3 is 0 Å². The van der Waals surface area contributed by atoms with E-state index in [9.17, 15) is 0 Å². The minimum atomic E-state index is 0.566. The lowest BCUT2D eigenvalue weighted by Crippen LogP contribution is -2.02. The van der Waals surface area contributed by atoms with E-state index < -0.39 is 0 Å². The van der Waals surface area contributed by atoms with Crippen molar-refractivity contribution >= 4 is 98.0 Å². The molecule has 0 N–H and O–H groups in total. The topological polar surface area (TPSA) is 69.9 Å². The number of hydrogen-bond acceptors (Lipinski definition) is 5. The second-order valence-electron chi connectivity index (χ2n) is 17.9. The smallest absolute Gasteiger partial charge is 0.164 e. The van der Waals surface area contributed by atoms with Gasteiger partial charge in [0.2, 0.25) is 0 Å². The lowest BCUT2D eigenvalue weighted by Gasteiger charge is -2.18. The van der Waals surface area contributed by atoms with Gasteiger partial charge in [0.25, 0.3) is 0 Å². The summed E-state index contributed by atoms with van der Waals surface area (Å²) in [4.78, 5) is 16.0. The Morgan fingerprint density at radius 3 is 1.55 bits per heavy atom. The summed E-state index contributed by atoms with van der Waals surface area (Å²) >= 11 is 0. The molecule has 11 aromatic carbocycles. The molecule has 0 spiro atoms. The molecule has 0 aliphatic heterocycles. The SMILES string of the molecule is c1ccc(-c2nc(-c3ccc4c(c3)oc3ccccc34)nc(-c3cc(-n4c5ccccc5c5cc(-c6ccc7oc8ccccc8c7c6)ccc54)cc4c5ccccc5c5ccccc5c34)n2)cc1. The normalized spacial score (nSPS) is 12.1. The average Bonchev–Trinajstić information content (AvgIpc) is 4.09. The first-order valence-electron chi connectivity index (χ1n) is 23.2. The van der Waals surface area contributed by atoms with Crippen LogP contribution >= 0.6 is 0 Å². The number of rotatable bonds is 5. The van der Waals surface area contributed by atoms with E-state index in [1.165, 1.54) is 21.5 Å². The molecule has 0 atom stereocenters. The van der Waals surface area contributed by atoms with E-state index in [4.69, 9.17) is 23.8 Å². The molecule has 6 nitrogen and oxygen atoms in total. The van der Waals surface area contributed by atoms with E-state index in [0.717, 1.165) is 110 Å². The number of nitrogens with zero attached hydrogens (tertiary/aromatic N) is 4. The Morgan fingerprint density at radius 2 is 0.783 bits per heavy atom. The minimum Gasteiger partial charge on any atom is -0.456 e. The fraction of sp³-hybridized carbons (Fsp3) is 0. The maximum Gasteiger partial charge on any atom is 0.164 e. The molecule has 320 valence electrons. The van der Waals surface area contributed by atoms with Crippen LogP contribution in [0.2, 0.25) is 0 Å². The third-order valence-corrected chi connectivity index (χ3v) is 14.0. The zero-order chi connectivity index (χ0) is 45.2. The van der Waals surface area contributed by atoms with Crippen molar-refractivity contribution in [3.63, 3.8) is 0 Å². The molecule has 6 heteroatoms. The number of fused-ring (bicyclic) bond motifs is 15. The second-order valence-corrected chi connectivity index (χ2v) is 17.9. The Labute approximate surface area is 394 Å². The molecule has 4 heterocycles. The van der Waals surface area contributed by atoms with Gasteiger partial charge in [-0.05, 0) is 105 Å². The van der Waals surface area contributed by atoms with Gasteiger partial charge in [-0.25, -0.2) is 15.0 Å². The monoisotopic (exact) mass is 880 g/mol. The van der Waals surface area contributed by atoms with E-state index in [2.05, 4.69) is 174 Å². The van der Waals surface area contributed by atoms with Gasteiger partial charge in [0.15, 0.2) is 17.5 Å².